The number of nitrogens with zero attached hydrogens (tertiary/aromatic N) is 1. The molecule has 3 N–H and O–H groups in total. The molecule has 2 aliphatic rings. The minimum absolute atomic E-state index is 0.0628. The van der Waals surface area contributed by atoms with Crippen LogP contribution in [0.15, 0.2) is 58.8 Å². The van der Waals surface area contributed by atoms with E-state index < -0.39 is 0 Å². The second kappa shape index (κ2) is 16.2. The second-order valence-electron chi connectivity index (χ2n) is 12.1. The maximum Gasteiger partial charge on any atom is 0.306 e. The number of aromatic amines is 2. The zero-order valence-electron chi connectivity index (χ0n) is 29.3. The summed E-state index contributed by atoms with van der Waals surface area (Å²) in [6, 6.07) is 0. The minimum Gasteiger partial charge on any atom is -0.461 e. The Labute approximate surface area is 287 Å². The Kier molecular flexibility index (Phi) is 12.1. The van der Waals surface area contributed by atoms with Crippen LogP contribution in [0.1, 0.15) is 80.6 Å². The molecule has 2 amide bonds. The third kappa shape index (κ3) is 8.25. The van der Waals surface area contributed by atoms with Crippen LogP contribution in [-0.2, 0) is 41.5 Å². The molecule has 2 aliphatic heterocycles. The third-order valence-corrected chi connectivity index (χ3v) is 9.05. The number of carbonyl (C=O) groups excluding carboxylic acids is 4. The maximum absolute atomic E-state index is 12.5. The van der Waals surface area contributed by atoms with Gasteiger partial charge in [-0.05, 0) is 106 Å². The van der Waals surface area contributed by atoms with Gasteiger partial charge in [0.05, 0.1) is 11.6 Å². The van der Waals surface area contributed by atoms with Gasteiger partial charge in [0, 0.05) is 46.2 Å². The standard InChI is InChI=1S/C39H46N4O6/c1-9-17-48-36(44)15-13-28-23(6)30(19-32-22(5)27(12-4)39(47)42-32)40-34(28)21-35-29(14-16-37(45)49-18-10-2)24(7)31(41-35)20-33-26(11-3)25(8)38(46)43-33/h9-11,19-21,25,40-41H,1-2,12-18H2,3-8H3,(H,43,46)/b26-11+,30-19-,33-20-,34-21-/t25-/m1/s1. The number of H-pyrrole nitrogens is 2. The number of aromatic nitrogens is 2. The highest BCUT2D eigenvalue weighted by Crippen LogP contribution is 2.29. The number of carbonyl (C=O) groups is 4. The molecule has 0 aliphatic carbocycles. The molecular formula is C39H46N4O6. The fraction of sp³-hybridized carbons (Fsp3) is 0.359. The van der Waals surface area contributed by atoms with Crippen LogP contribution in [0.3, 0.4) is 0 Å². The molecule has 0 aromatic carbocycles. The van der Waals surface area contributed by atoms with Crippen molar-refractivity contribution in [3.63, 3.8) is 0 Å². The lowest BCUT2D eigenvalue weighted by Gasteiger charge is -2.05. The van der Waals surface area contributed by atoms with Gasteiger partial charge in [0.15, 0.2) is 0 Å². The van der Waals surface area contributed by atoms with Crippen molar-refractivity contribution in [3.05, 3.63) is 98.1 Å². The molecule has 2 aromatic heterocycles. The van der Waals surface area contributed by atoms with E-state index in [4.69, 9.17) is 9.47 Å². The number of nitrogens with one attached hydrogen (secondary N) is 3. The molecule has 1 fully saturated rings. The molecule has 0 radical (unpaired) electrons. The Morgan fingerprint density at radius 2 is 1.49 bits per heavy atom. The van der Waals surface area contributed by atoms with Crippen LogP contribution in [0.25, 0.3) is 18.2 Å². The average molecular weight is 667 g/mol. The number of allylic oxidation sites excluding steroid dienone is 3. The van der Waals surface area contributed by atoms with E-state index in [1.807, 2.05) is 65.8 Å². The van der Waals surface area contributed by atoms with Crippen molar-refractivity contribution < 1.29 is 28.7 Å². The van der Waals surface area contributed by atoms with E-state index in [0.29, 0.717) is 30.5 Å². The summed E-state index contributed by atoms with van der Waals surface area (Å²) >= 11 is 0. The second-order valence-corrected chi connectivity index (χ2v) is 12.1. The Hall–Kier alpha value is -5.25. The first kappa shape index (κ1) is 36.6. The first-order valence-corrected chi connectivity index (χ1v) is 16.6. The third-order valence-electron chi connectivity index (χ3n) is 9.05. The lowest BCUT2D eigenvalue weighted by Crippen LogP contribution is -2.16. The van der Waals surface area contributed by atoms with Crippen molar-refractivity contribution >= 4 is 47.7 Å². The van der Waals surface area contributed by atoms with Crippen LogP contribution >= 0.6 is 0 Å². The smallest absolute Gasteiger partial charge is 0.306 e. The monoisotopic (exact) mass is 666 g/mol. The fourth-order valence-corrected chi connectivity index (χ4v) is 6.21. The van der Waals surface area contributed by atoms with Crippen molar-refractivity contribution in [2.24, 2.45) is 10.9 Å². The van der Waals surface area contributed by atoms with Crippen molar-refractivity contribution in [1.29, 1.82) is 0 Å². The molecule has 1 atom stereocenters. The van der Waals surface area contributed by atoms with E-state index in [1.165, 1.54) is 12.2 Å². The zero-order chi connectivity index (χ0) is 35.8. The van der Waals surface area contributed by atoms with Crippen LogP contribution in [0.2, 0.25) is 0 Å². The molecule has 4 heterocycles. The SMILES string of the molecule is C=CCOC(=O)CCc1c(/C=c2\[nH]/c(=C\C3=NC(=O)C(CC)=C3C)c(C)c2CCC(=O)OCC=C)[nH]c(/C=C2\NC(=O)[C@H](C)\C2=C/C)c1C. The summed E-state index contributed by atoms with van der Waals surface area (Å²) in [7, 11) is 0. The summed E-state index contributed by atoms with van der Waals surface area (Å²) in [5.41, 5.74) is 8.99. The molecule has 1 saturated heterocycles. The largest absolute Gasteiger partial charge is 0.461 e. The van der Waals surface area contributed by atoms with Crippen molar-refractivity contribution in [3.8, 4) is 0 Å². The molecule has 0 saturated carbocycles. The summed E-state index contributed by atoms with van der Waals surface area (Å²) < 4.78 is 10.5. The molecule has 49 heavy (non-hydrogen) atoms. The summed E-state index contributed by atoms with van der Waals surface area (Å²) in [6.07, 6.45) is 12.5. The summed E-state index contributed by atoms with van der Waals surface area (Å²) in [6.45, 7) is 19.1. The van der Waals surface area contributed by atoms with Crippen molar-refractivity contribution in [1.82, 2.24) is 15.3 Å². The zero-order valence-corrected chi connectivity index (χ0v) is 29.3. The van der Waals surface area contributed by atoms with Gasteiger partial charge in [0.2, 0.25) is 5.91 Å². The number of rotatable bonds is 14. The Bertz CT molecular complexity index is 1950. The van der Waals surface area contributed by atoms with Gasteiger partial charge in [0.25, 0.3) is 5.91 Å². The number of hydrogen-bond acceptors (Lipinski definition) is 6. The summed E-state index contributed by atoms with van der Waals surface area (Å²) in [5, 5.41) is 4.51. The number of esters is 2. The van der Waals surface area contributed by atoms with Gasteiger partial charge in [-0.1, -0.05) is 38.3 Å². The predicted molar refractivity (Wildman–Crippen MR) is 192 cm³/mol. The maximum atomic E-state index is 12.5. The molecule has 10 nitrogen and oxygen atoms in total. The number of ether oxygens (including phenoxy) is 2. The number of amides is 2. The molecule has 0 bridgehead atoms. The van der Waals surface area contributed by atoms with Crippen LogP contribution in [-0.4, -0.2) is 52.6 Å². The van der Waals surface area contributed by atoms with Crippen molar-refractivity contribution in [2.45, 2.75) is 73.6 Å². The average Bonchev–Trinajstić information content (AvgIpc) is 3.72. The number of hydrogen-bond donors (Lipinski definition) is 3. The topological polar surface area (TPSA) is 143 Å². The molecular weight excluding hydrogens is 620 g/mol. The first-order valence-electron chi connectivity index (χ1n) is 16.6. The van der Waals surface area contributed by atoms with E-state index in [-0.39, 0.29) is 55.7 Å². The normalized spacial score (nSPS) is 18.5. The van der Waals surface area contributed by atoms with Gasteiger partial charge in [-0.15, -0.1) is 0 Å². The van der Waals surface area contributed by atoms with Gasteiger partial charge >= 0.3 is 11.9 Å². The minimum atomic E-state index is -0.343. The van der Waals surface area contributed by atoms with Crippen molar-refractivity contribution in [2.75, 3.05) is 13.2 Å². The number of aliphatic imine (C=N–C) groups is 1. The van der Waals surface area contributed by atoms with E-state index >= 15 is 0 Å². The summed E-state index contributed by atoms with van der Waals surface area (Å²) in [4.78, 5) is 61.4. The molecule has 2 aromatic rings. The van der Waals surface area contributed by atoms with Gasteiger partial charge in [-0.25, -0.2) is 4.99 Å². The molecule has 0 unspecified atom stereocenters. The van der Waals surface area contributed by atoms with Gasteiger partial charge in [0.1, 0.15) is 13.2 Å². The van der Waals surface area contributed by atoms with Gasteiger partial charge in [-0.3, -0.25) is 19.2 Å². The molecule has 10 heteroatoms. The Balaban J connectivity index is 1.88. The molecule has 258 valence electrons. The predicted octanol–water partition coefficient (Wildman–Crippen LogP) is 4.65. The van der Waals surface area contributed by atoms with Crippen LogP contribution in [0.5, 0.6) is 0 Å². The quantitative estimate of drug-likeness (QED) is 0.198. The summed E-state index contributed by atoms with van der Waals surface area (Å²) in [5.74, 6) is -1.23. The van der Waals surface area contributed by atoms with E-state index in [9.17, 15) is 19.2 Å². The Morgan fingerprint density at radius 3 is 2.06 bits per heavy atom. The fourth-order valence-electron chi connectivity index (χ4n) is 6.21. The lowest BCUT2D eigenvalue weighted by atomic mass is 10.00. The van der Waals surface area contributed by atoms with E-state index in [1.54, 1.807) is 0 Å². The highest BCUT2D eigenvalue weighted by atomic mass is 16.5. The van der Waals surface area contributed by atoms with E-state index in [2.05, 4.69) is 33.4 Å². The van der Waals surface area contributed by atoms with E-state index in [0.717, 1.165) is 61.2 Å². The van der Waals surface area contributed by atoms with Gasteiger partial charge < -0.3 is 24.8 Å². The lowest BCUT2D eigenvalue weighted by molar-refractivity contribution is -0.143. The van der Waals surface area contributed by atoms with Crippen LogP contribution in [0, 0.1) is 19.8 Å². The van der Waals surface area contributed by atoms with Gasteiger partial charge in [-0.2, -0.15) is 0 Å². The molecule has 4 rings (SSSR count). The molecule has 0 spiro atoms. The van der Waals surface area contributed by atoms with Crippen LogP contribution in [0.4, 0.5) is 0 Å². The van der Waals surface area contributed by atoms with Crippen LogP contribution < -0.4 is 16.0 Å². The first-order chi connectivity index (χ1) is 23.4. The highest BCUT2D eigenvalue weighted by molar-refractivity contribution is 6.30. The Morgan fingerprint density at radius 1 is 0.857 bits per heavy atom. The highest BCUT2D eigenvalue weighted by Gasteiger charge is 2.29.